The number of hydrogen-bond donors (Lipinski definition) is 4. The first-order chi connectivity index (χ1) is 14.7. The minimum Gasteiger partial charge on any atom is -0.358 e. The van der Waals surface area contributed by atoms with Gasteiger partial charge in [-0.15, -0.1) is 0 Å². The number of aromatic nitrogens is 2. The number of fused-ring (bicyclic) bond motifs is 6. The predicted octanol–water partition coefficient (Wildman–Crippen LogP) is 4.36. The van der Waals surface area contributed by atoms with Gasteiger partial charge in [0.05, 0.1) is 0 Å². The lowest BCUT2D eigenvalue weighted by Crippen LogP contribution is -2.49. The Morgan fingerprint density at radius 1 is 0.733 bits per heavy atom. The predicted molar refractivity (Wildman–Crippen MR) is 120 cm³/mol. The molecule has 6 rings (SSSR count). The molecule has 30 heavy (non-hydrogen) atoms. The fourth-order valence-electron chi connectivity index (χ4n) is 5.40. The Balaban J connectivity index is 1.13. The van der Waals surface area contributed by atoms with E-state index in [1.807, 2.05) is 0 Å². The summed E-state index contributed by atoms with van der Waals surface area (Å²) in [5, 5.41) is 9.07. The lowest BCUT2D eigenvalue weighted by molar-refractivity contribution is 0.230. The van der Waals surface area contributed by atoms with Crippen molar-refractivity contribution >= 4 is 27.8 Å². The highest BCUT2D eigenvalue weighted by atomic mass is 16.2. The quantitative estimate of drug-likeness (QED) is 0.398. The van der Waals surface area contributed by atoms with Crippen molar-refractivity contribution in [3.8, 4) is 0 Å². The van der Waals surface area contributed by atoms with E-state index >= 15 is 0 Å². The van der Waals surface area contributed by atoms with Gasteiger partial charge in [0, 0.05) is 45.3 Å². The summed E-state index contributed by atoms with van der Waals surface area (Å²) in [6, 6.07) is 17.2. The van der Waals surface area contributed by atoms with Crippen LogP contribution in [0.1, 0.15) is 35.4 Å². The summed E-state index contributed by atoms with van der Waals surface area (Å²) < 4.78 is 0. The minimum atomic E-state index is -0.0309. The van der Waals surface area contributed by atoms with Crippen LogP contribution in [-0.4, -0.2) is 28.1 Å². The van der Waals surface area contributed by atoms with Crippen LogP contribution < -0.4 is 10.6 Å². The van der Waals surface area contributed by atoms with E-state index in [1.165, 1.54) is 44.3 Å². The summed E-state index contributed by atoms with van der Waals surface area (Å²) in [7, 11) is 0. The number of urea groups is 1. The molecule has 152 valence electrons. The van der Waals surface area contributed by atoms with Crippen LogP contribution in [0, 0.1) is 0 Å². The Bertz CT molecular complexity index is 1150. The number of nitrogens with one attached hydrogen (secondary N) is 4. The summed E-state index contributed by atoms with van der Waals surface area (Å²) >= 11 is 0. The highest BCUT2D eigenvalue weighted by Crippen LogP contribution is 2.30. The maximum Gasteiger partial charge on any atom is 0.315 e. The van der Waals surface area contributed by atoms with Crippen molar-refractivity contribution in [2.24, 2.45) is 0 Å². The number of hydrogen-bond acceptors (Lipinski definition) is 1. The molecule has 4 N–H and O–H groups in total. The highest BCUT2D eigenvalue weighted by molar-refractivity contribution is 5.86. The Kier molecular flexibility index (Phi) is 4.08. The van der Waals surface area contributed by atoms with Crippen LogP contribution in [0.4, 0.5) is 4.79 Å². The van der Waals surface area contributed by atoms with Gasteiger partial charge in [0.1, 0.15) is 0 Å². The van der Waals surface area contributed by atoms with Gasteiger partial charge >= 0.3 is 6.03 Å². The first kappa shape index (κ1) is 17.6. The fourth-order valence-corrected chi connectivity index (χ4v) is 5.40. The summed E-state index contributed by atoms with van der Waals surface area (Å²) in [6.07, 6.45) is 5.71. The van der Waals surface area contributed by atoms with Crippen molar-refractivity contribution in [2.45, 2.75) is 50.6 Å². The number of amides is 2. The highest BCUT2D eigenvalue weighted by Gasteiger charge is 2.26. The van der Waals surface area contributed by atoms with Crippen molar-refractivity contribution in [2.75, 3.05) is 0 Å². The van der Waals surface area contributed by atoms with E-state index in [2.05, 4.69) is 69.1 Å². The monoisotopic (exact) mass is 398 g/mol. The fraction of sp³-hybridized carbons (Fsp3) is 0.320. The van der Waals surface area contributed by atoms with Crippen LogP contribution >= 0.6 is 0 Å². The van der Waals surface area contributed by atoms with Gasteiger partial charge in [0.15, 0.2) is 0 Å². The van der Waals surface area contributed by atoms with E-state index in [0.717, 1.165) is 38.5 Å². The first-order valence-corrected chi connectivity index (χ1v) is 11.0. The van der Waals surface area contributed by atoms with Gasteiger partial charge in [-0.3, -0.25) is 0 Å². The zero-order chi connectivity index (χ0) is 20.1. The second-order valence-electron chi connectivity index (χ2n) is 8.75. The minimum absolute atomic E-state index is 0.0309. The van der Waals surface area contributed by atoms with Crippen molar-refractivity contribution in [3.63, 3.8) is 0 Å². The van der Waals surface area contributed by atoms with Crippen LogP contribution in [0.2, 0.25) is 0 Å². The Hall–Kier alpha value is -3.21. The molecule has 2 unspecified atom stereocenters. The number of H-pyrrole nitrogens is 2. The molecular weight excluding hydrogens is 372 g/mol. The summed E-state index contributed by atoms with van der Waals surface area (Å²) in [5.41, 5.74) is 7.78. The van der Waals surface area contributed by atoms with Gasteiger partial charge in [-0.1, -0.05) is 36.4 Å². The molecule has 2 heterocycles. The molecule has 0 spiro atoms. The molecule has 5 heteroatoms. The molecule has 0 radical (unpaired) electrons. The topological polar surface area (TPSA) is 72.7 Å². The van der Waals surface area contributed by atoms with Crippen molar-refractivity contribution < 1.29 is 4.79 Å². The second kappa shape index (κ2) is 6.94. The molecule has 2 amide bonds. The molecule has 2 aliphatic carbocycles. The third kappa shape index (κ3) is 2.96. The zero-order valence-electron chi connectivity index (χ0n) is 16.9. The normalized spacial score (nSPS) is 20.7. The van der Waals surface area contributed by atoms with Gasteiger partial charge in [-0.25, -0.2) is 4.79 Å². The van der Waals surface area contributed by atoms with E-state index < -0.39 is 0 Å². The van der Waals surface area contributed by atoms with Crippen LogP contribution in [0.3, 0.4) is 0 Å². The summed E-state index contributed by atoms with van der Waals surface area (Å²) in [6.45, 7) is 0. The molecule has 0 saturated carbocycles. The van der Waals surface area contributed by atoms with Crippen LogP contribution in [0.15, 0.2) is 48.5 Å². The van der Waals surface area contributed by atoms with Gasteiger partial charge < -0.3 is 20.6 Å². The number of aromatic amines is 2. The van der Waals surface area contributed by atoms with Crippen molar-refractivity contribution in [1.82, 2.24) is 20.6 Å². The van der Waals surface area contributed by atoms with Crippen molar-refractivity contribution in [3.05, 3.63) is 71.0 Å². The molecule has 2 aromatic carbocycles. The van der Waals surface area contributed by atoms with Crippen molar-refractivity contribution in [1.29, 1.82) is 0 Å². The SMILES string of the molecule is O=C(NC1CCc2[nH]c3ccccc3c2C1)NC1CCc2[nH]c3ccccc3c2C1. The summed E-state index contributed by atoms with van der Waals surface area (Å²) in [5.74, 6) is 0. The maximum atomic E-state index is 12.8. The number of rotatable bonds is 2. The Labute approximate surface area is 175 Å². The Morgan fingerprint density at radius 3 is 1.70 bits per heavy atom. The zero-order valence-corrected chi connectivity index (χ0v) is 16.9. The van der Waals surface area contributed by atoms with Crippen LogP contribution in [0.5, 0.6) is 0 Å². The summed E-state index contributed by atoms with van der Waals surface area (Å²) in [4.78, 5) is 19.9. The molecule has 5 nitrogen and oxygen atoms in total. The standard InChI is InChI=1S/C25H26N4O/c30-25(26-15-9-11-23-19(13-15)17-5-1-3-7-21(17)28-23)27-16-10-12-24-20(14-16)18-6-2-4-8-22(18)29-24/h1-8,15-16,28-29H,9-14H2,(H2,26,27,30). The molecule has 4 aromatic rings. The lowest BCUT2D eigenvalue weighted by atomic mass is 9.91. The van der Waals surface area contributed by atoms with Crippen LogP contribution in [0.25, 0.3) is 21.8 Å². The number of aryl methyl sites for hydroxylation is 2. The van der Waals surface area contributed by atoms with Gasteiger partial charge in [-0.2, -0.15) is 0 Å². The average molecular weight is 399 g/mol. The third-order valence-corrected chi connectivity index (χ3v) is 6.86. The maximum absolute atomic E-state index is 12.8. The molecule has 0 aliphatic heterocycles. The molecule has 0 saturated heterocycles. The lowest BCUT2D eigenvalue weighted by Gasteiger charge is -2.27. The van der Waals surface area contributed by atoms with Gasteiger partial charge in [0.2, 0.25) is 0 Å². The molecular formula is C25H26N4O. The molecule has 2 atom stereocenters. The average Bonchev–Trinajstić information content (AvgIpc) is 3.31. The number of para-hydroxylation sites is 2. The smallest absolute Gasteiger partial charge is 0.315 e. The van der Waals surface area contributed by atoms with E-state index in [0.29, 0.717) is 0 Å². The molecule has 2 aromatic heterocycles. The molecule has 0 bridgehead atoms. The number of benzene rings is 2. The van der Waals surface area contributed by atoms with Gasteiger partial charge in [-0.05, 0) is 61.8 Å². The number of carbonyl (C=O) groups excluding carboxylic acids is 1. The van der Waals surface area contributed by atoms with E-state index in [9.17, 15) is 4.79 Å². The van der Waals surface area contributed by atoms with E-state index in [1.54, 1.807) is 0 Å². The molecule has 0 fully saturated rings. The van der Waals surface area contributed by atoms with Crippen LogP contribution in [-0.2, 0) is 25.7 Å². The third-order valence-electron chi connectivity index (χ3n) is 6.86. The number of carbonyl (C=O) groups is 1. The second-order valence-corrected chi connectivity index (χ2v) is 8.75. The largest absolute Gasteiger partial charge is 0.358 e. The Morgan fingerprint density at radius 2 is 1.20 bits per heavy atom. The first-order valence-electron chi connectivity index (χ1n) is 11.0. The molecule has 2 aliphatic rings. The van der Waals surface area contributed by atoms with Gasteiger partial charge in [0.25, 0.3) is 0 Å². The van der Waals surface area contributed by atoms with E-state index in [-0.39, 0.29) is 18.1 Å². The van der Waals surface area contributed by atoms with E-state index in [4.69, 9.17) is 0 Å².